The van der Waals surface area contributed by atoms with Crippen molar-refractivity contribution in [3.8, 4) is 0 Å². The van der Waals surface area contributed by atoms with Crippen LogP contribution in [0.15, 0.2) is 78.9 Å². The second-order valence-corrected chi connectivity index (χ2v) is 6.11. The van der Waals surface area contributed by atoms with E-state index in [9.17, 15) is 4.79 Å². The second kappa shape index (κ2) is 6.29. The monoisotopic (exact) mass is 326 g/mol. The van der Waals surface area contributed by atoms with Crippen LogP contribution in [0.5, 0.6) is 0 Å². The van der Waals surface area contributed by atoms with E-state index in [2.05, 4.69) is 23.5 Å². The quantitative estimate of drug-likeness (QED) is 0.544. The minimum absolute atomic E-state index is 0.156. The van der Waals surface area contributed by atoms with Gasteiger partial charge in [-0.3, -0.25) is 4.79 Å². The molecule has 3 heteroatoms. The molecule has 0 aromatic heterocycles. The predicted octanol–water partition coefficient (Wildman–Crippen LogP) is 4.51. The topological polar surface area (TPSA) is 55.1 Å². The van der Waals surface area contributed by atoms with Crippen LogP contribution in [0.3, 0.4) is 0 Å². The molecule has 0 heterocycles. The van der Waals surface area contributed by atoms with E-state index in [0.29, 0.717) is 17.8 Å². The van der Waals surface area contributed by atoms with Crippen molar-refractivity contribution in [3.05, 3.63) is 90.0 Å². The number of nitrogens with two attached hydrogens (primary N) is 1. The Morgan fingerprint density at radius 3 is 2.24 bits per heavy atom. The maximum absolute atomic E-state index is 12.6. The molecular formula is C22H18N2O. The molecule has 4 rings (SSSR count). The highest BCUT2D eigenvalue weighted by molar-refractivity contribution is 6.04. The average Bonchev–Trinajstić information content (AvgIpc) is 2.65. The van der Waals surface area contributed by atoms with E-state index in [0.717, 1.165) is 21.7 Å². The summed E-state index contributed by atoms with van der Waals surface area (Å²) < 4.78 is 0. The van der Waals surface area contributed by atoms with Crippen LogP contribution >= 0.6 is 0 Å². The summed E-state index contributed by atoms with van der Waals surface area (Å²) in [7, 11) is 0. The Bertz CT molecular complexity index is 1080. The van der Waals surface area contributed by atoms with Crippen molar-refractivity contribution in [2.45, 2.75) is 6.54 Å². The molecular weight excluding hydrogens is 308 g/mol. The Morgan fingerprint density at radius 1 is 0.800 bits per heavy atom. The summed E-state index contributed by atoms with van der Waals surface area (Å²) in [5.74, 6) is -0.156. The van der Waals surface area contributed by atoms with Crippen molar-refractivity contribution in [3.63, 3.8) is 0 Å². The zero-order valence-electron chi connectivity index (χ0n) is 13.7. The van der Waals surface area contributed by atoms with Crippen LogP contribution in [0.2, 0.25) is 0 Å². The fourth-order valence-corrected chi connectivity index (χ4v) is 3.17. The molecule has 0 fully saturated rings. The van der Waals surface area contributed by atoms with E-state index < -0.39 is 0 Å². The minimum atomic E-state index is -0.156. The summed E-state index contributed by atoms with van der Waals surface area (Å²) in [5.41, 5.74) is 8.18. The van der Waals surface area contributed by atoms with Gasteiger partial charge in [-0.2, -0.15) is 0 Å². The molecule has 0 saturated carbocycles. The van der Waals surface area contributed by atoms with Crippen LogP contribution in [-0.2, 0) is 6.54 Å². The lowest BCUT2D eigenvalue weighted by Gasteiger charge is -2.11. The zero-order valence-corrected chi connectivity index (χ0v) is 13.7. The average molecular weight is 326 g/mol. The van der Waals surface area contributed by atoms with Crippen LogP contribution < -0.4 is 11.1 Å². The van der Waals surface area contributed by atoms with E-state index >= 15 is 0 Å². The first-order chi connectivity index (χ1) is 12.2. The number of anilines is 1. The van der Waals surface area contributed by atoms with Crippen molar-refractivity contribution in [1.82, 2.24) is 5.32 Å². The lowest BCUT2D eigenvalue weighted by atomic mass is 10.0. The van der Waals surface area contributed by atoms with Gasteiger partial charge in [-0.1, -0.05) is 66.7 Å². The number of carbonyl (C=O) groups excluding carboxylic acids is 1. The van der Waals surface area contributed by atoms with Crippen molar-refractivity contribution in [1.29, 1.82) is 0 Å². The van der Waals surface area contributed by atoms with Crippen LogP contribution in [0, 0.1) is 0 Å². The minimum Gasteiger partial charge on any atom is -0.398 e. The molecule has 122 valence electrons. The molecule has 4 aromatic carbocycles. The van der Waals surface area contributed by atoms with Crippen LogP contribution in [-0.4, -0.2) is 5.91 Å². The van der Waals surface area contributed by atoms with Gasteiger partial charge in [0.1, 0.15) is 0 Å². The Hall–Kier alpha value is -3.33. The van der Waals surface area contributed by atoms with E-state index in [-0.39, 0.29) is 5.91 Å². The van der Waals surface area contributed by atoms with Gasteiger partial charge >= 0.3 is 0 Å². The Labute approximate surface area is 146 Å². The molecule has 0 unspecified atom stereocenters. The Kier molecular flexibility index (Phi) is 3.82. The number of nitrogen functional groups attached to an aromatic ring is 1. The number of rotatable bonds is 3. The van der Waals surface area contributed by atoms with Crippen molar-refractivity contribution in [2.24, 2.45) is 0 Å². The maximum Gasteiger partial charge on any atom is 0.253 e. The third-order valence-corrected chi connectivity index (χ3v) is 4.48. The standard InChI is InChI=1S/C22H18N2O/c23-21-13-17-8-2-1-7-16(17)12-20(21)22(25)24-14-18-10-5-9-15-6-3-4-11-19(15)18/h1-13H,14,23H2,(H,24,25). The lowest BCUT2D eigenvalue weighted by molar-refractivity contribution is 0.0952. The van der Waals surface area contributed by atoms with Crippen LogP contribution in [0.4, 0.5) is 5.69 Å². The van der Waals surface area contributed by atoms with Crippen molar-refractivity contribution < 1.29 is 4.79 Å². The fourth-order valence-electron chi connectivity index (χ4n) is 3.17. The number of nitrogens with one attached hydrogen (secondary N) is 1. The molecule has 0 aliphatic heterocycles. The van der Waals surface area contributed by atoms with Gasteiger partial charge in [0.25, 0.3) is 5.91 Å². The lowest BCUT2D eigenvalue weighted by Crippen LogP contribution is -2.24. The Balaban J connectivity index is 1.61. The first-order valence-corrected chi connectivity index (χ1v) is 8.25. The molecule has 3 nitrogen and oxygen atoms in total. The van der Waals surface area contributed by atoms with Gasteiger partial charge in [0, 0.05) is 12.2 Å². The largest absolute Gasteiger partial charge is 0.398 e. The number of hydrogen-bond acceptors (Lipinski definition) is 2. The van der Waals surface area contributed by atoms with E-state index in [1.807, 2.05) is 60.7 Å². The number of fused-ring (bicyclic) bond motifs is 2. The van der Waals surface area contributed by atoms with Crippen LogP contribution in [0.1, 0.15) is 15.9 Å². The molecule has 0 bridgehead atoms. The van der Waals surface area contributed by atoms with Gasteiger partial charge < -0.3 is 11.1 Å². The van der Waals surface area contributed by atoms with E-state index in [1.165, 1.54) is 5.39 Å². The fraction of sp³-hybridized carbons (Fsp3) is 0.0455. The summed E-state index contributed by atoms with van der Waals surface area (Å²) in [6.45, 7) is 0.465. The van der Waals surface area contributed by atoms with Crippen molar-refractivity contribution in [2.75, 3.05) is 5.73 Å². The molecule has 0 radical (unpaired) electrons. The highest BCUT2D eigenvalue weighted by atomic mass is 16.1. The highest BCUT2D eigenvalue weighted by Gasteiger charge is 2.11. The SMILES string of the molecule is Nc1cc2ccccc2cc1C(=O)NCc1cccc2ccccc12. The third kappa shape index (κ3) is 2.92. The van der Waals surface area contributed by atoms with Crippen LogP contribution in [0.25, 0.3) is 21.5 Å². The molecule has 0 atom stereocenters. The molecule has 4 aromatic rings. The normalized spacial score (nSPS) is 10.9. The summed E-state index contributed by atoms with van der Waals surface area (Å²) in [4.78, 5) is 12.6. The van der Waals surface area contributed by atoms with Gasteiger partial charge in [0.15, 0.2) is 0 Å². The molecule has 0 saturated heterocycles. The van der Waals surface area contributed by atoms with Crippen molar-refractivity contribution >= 4 is 33.1 Å². The van der Waals surface area contributed by atoms with Gasteiger partial charge in [-0.25, -0.2) is 0 Å². The smallest absolute Gasteiger partial charge is 0.253 e. The number of amides is 1. The van der Waals surface area contributed by atoms with Gasteiger partial charge in [0.2, 0.25) is 0 Å². The second-order valence-electron chi connectivity index (χ2n) is 6.11. The molecule has 1 amide bonds. The Morgan fingerprint density at radius 2 is 1.44 bits per heavy atom. The summed E-state index contributed by atoms with van der Waals surface area (Å²) in [6.07, 6.45) is 0. The van der Waals surface area contributed by atoms with Gasteiger partial charge in [0.05, 0.1) is 5.56 Å². The number of hydrogen-bond donors (Lipinski definition) is 2. The summed E-state index contributed by atoms with van der Waals surface area (Å²) in [5, 5.41) is 7.35. The van der Waals surface area contributed by atoms with Gasteiger partial charge in [-0.15, -0.1) is 0 Å². The summed E-state index contributed by atoms with van der Waals surface area (Å²) in [6, 6.07) is 25.9. The maximum atomic E-state index is 12.6. The molecule has 25 heavy (non-hydrogen) atoms. The van der Waals surface area contributed by atoms with E-state index in [4.69, 9.17) is 5.73 Å². The number of benzene rings is 4. The van der Waals surface area contributed by atoms with Gasteiger partial charge in [-0.05, 0) is 39.2 Å². The van der Waals surface area contributed by atoms with E-state index in [1.54, 1.807) is 0 Å². The predicted molar refractivity (Wildman–Crippen MR) is 103 cm³/mol. The molecule has 0 aliphatic carbocycles. The third-order valence-electron chi connectivity index (χ3n) is 4.48. The number of carbonyl (C=O) groups is 1. The molecule has 0 aliphatic rings. The first kappa shape index (κ1) is 15.2. The highest BCUT2D eigenvalue weighted by Crippen LogP contribution is 2.22. The first-order valence-electron chi connectivity index (χ1n) is 8.25. The summed E-state index contributed by atoms with van der Waals surface area (Å²) >= 11 is 0. The molecule has 0 spiro atoms. The zero-order chi connectivity index (χ0) is 17.2. The molecule has 3 N–H and O–H groups in total.